The van der Waals surface area contributed by atoms with Gasteiger partial charge < -0.3 is 15.7 Å². The summed E-state index contributed by atoms with van der Waals surface area (Å²) in [6, 6.07) is 5.01. The summed E-state index contributed by atoms with van der Waals surface area (Å²) in [5.41, 5.74) is 8.40. The summed E-state index contributed by atoms with van der Waals surface area (Å²) in [5, 5.41) is 9.99. The predicted molar refractivity (Wildman–Crippen MR) is 148 cm³/mol. The van der Waals surface area contributed by atoms with Gasteiger partial charge in [0.05, 0.1) is 15.6 Å². The van der Waals surface area contributed by atoms with Crippen molar-refractivity contribution in [3.63, 3.8) is 0 Å². The number of fused-ring (bicyclic) bond motifs is 1. The number of hydrogen-bond donors (Lipinski definition) is 2. The molecule has 3 N–H and O–H groups in total. The molecular formula is C27H26N8O3S. The Balaban J connectivity index is 1.49. The van der Waals surface area contributed by atoms with E-state index in [1.807, 2.05) is 24.0 Å². The number of anilines is 2. The second-order valence-corrected chi connectivity index (χ2v) is 10.4. The molecule has 12 heteroatoms. The number of benzene rings is 1. The minimum Gasteiger partial charge on any atom is -0.481 e. The van der Waals surface area contributed by atoms with Crippen molar-refractivity contribution in [2.24, 2.45) is 11.1 Å². The predicted octanol–water partition coefficient (Wildman–Crippen LogP) is 3.54. The van der Waals surface area contributed by atoms with Crippen LogP contribution in [-0.2, 0) is 4.79 Å². The van der Waals surface area contributed by atoms with Gasteiger partial charge in [-0.2, -0.15) is 0 Å². The largest absolute Gasteiger partial charge is 0.481 e. The number of rotatable bonds is 5. The van der Waals surface area contributed by atoms with E-state index < -0.39 is 17.4 Å². The molecule has 1 aromatic carbocycles. The first-order valence-electron chi connectivity index (χ1n) is 12.4. The summed E-state index contributed by atoms with van der Waals surface area (Å²) in [4.78, 5) is 48.9. The Morgan fingerprint density at radius 2 is 1.90 bits per heavy atom. The Labute approximate surface area is 228 Å². The van der Waals surface area contributed by atoms with Crippen LogP contribution >= 0.6 is 11.3 Å². The summed E-state index contributed by atoms with van der Waals surface area (Å²) >= 11 is 1.35. The molecule has 1 saturated heterocycles. The van der Waals surface area contributed by atoms with Gasteiger partial charge in [0.25, 0.3) is 0 Å². The highest BCUT2D eigenvalue weighted by Crippen LogP contribution is 2.36. The molecule has 5 rings (SSSR count). The van der Waals surface area contributed by atoms with Crippen molar-refractivity contribution in [2.45, 2.75) is 26.7 Å². The Bertz CT molecular complexity index is 1590. The molecule has 0 saturated carbocycles. The van der Waals surface area contributed by atoms with Gasteiger partial charge in [-0.15, -0.1) is 0 Å². The molecule has 0 spiro atoms. The molecule has 2 amide bonds. The van der Waals surface area contributed by atoms with Crippen molar-refractivity contribution in [1.29, 1.82) is 0 Å². The molecule has 4 heterocycles. The molecule has 1 aliphatic rings. The first kappa shape index (κ1) is 26.0. The number of urea groups is 1. The van der Waals surface area contributed by atoms with Crippen molar-refractivity contribution in [1.82, 2.24) is 24.9 Å². The number of carbonyl (C=O) groups excluding carboxylic acids is 1. The van der Waals surface area contributed by atoms with Crippen LogP contribution in [0.3, 0.4) is 0 Å². The van der Waals surface area contributed by atoms with E-state index in [-0.39, 0.29) is 0 Å². The van der Waals surface area contributed by atoms with Crippen molar-refractivity contribution in [3.8, 4) is 23.0 Å². The van der Waals surface area contributed by atoms with Crippen molar-refractivity contribution >= 4 is 44.6 Å². The van der Waals surface area contributed by atoms with E-state index in [0.717, 1.165) is 21.4 Å². The van der Waals surface area contributed by atoms with Crippen LogP contribution in [0.4, 0.5) is 15.9 Å². The number of thiazole rings is 1. The quantitative estimate of drug-likeness (QED) is 0.361. The van der Waals surface area contributed by atoms with E-state index in [1.165, 1.54) is 22.6 Å². The zero-order valence-electron chi connectivity index (χ0n) is 21.5. The molecular weight excluding hydrogens is 516 g/mol. The number of primary amides is 1. The van der Waals surface area contributed by atoms with Crippen LogP contribution in [0.25, 0.3) is 21.3 Å². The van der Waals surface area contributed by atoms with Crippen molar-refractivity contribution in [3.05, 3.63) is 54.4 Å². The number of carboxylic acid groups (broad SMARTS) is 1. The maximum atomic E-state index is 11.9. The number of amides is 2. The van der Waals surface area contributed by atoms with Gasteiger partial charge in [-0.1, -0.05) is 17.3 Å². The summed E-state index contributed by atoms with van der Waals surface area (Å²) in [6.45, 7) is 5.16. The third-order valence-corrected chi connectivity index (χ3v) is 7.96. The monoisotopic (exact) mass is 542 g/mol. The zero-order valence-corrected chi connectivity index (χ0v) is 22.3. The highest BCUT2D eigenvalue weighted by Gasteiger charge is 2.37. The maximum Gasteiger partial charge on any atom is 0.321 e. The molecule has 39 heavy (non-hydrogen) atoms. The van der Waals surface area contributed by atoms with Gasteiger partial charge in [0.2, 0.25) is 5.95 Å². The van der Waals surface area contributed by atoms with Crippen LogP contribution in [0.5, 0.6) is 0 Å². The van der Waals surface area contributed by atoms with Crippen molar-refractivity contribution < 1.29 is 14.7 Å². The zero-order chi connectivity index (χ0) is 27.6. The maximum absolute atomic E-state index is 11.9. The topological polar surface area (TPSA) is 151 Å². The minimum absolute atomic E-state index is 0.390. The van der Waals surface area contributed by atoms with Gasteiger partial charge in [-0.25, -0.2) is 29.7 Å². The highest BCUT2D eigenvalue weighted by atomic mass is 32.1. The second kappa shape index (κ2) is 10.6. The Hall–Kier alpha value is -4.63. The van der Waals surface area contributed by atoms with E-state index in [0.29, 0.717) is 54.8 Å². The van der Waals surface area contributed by atoms with E-state index >= 15 is 0 Å². The lowest BCUT2D eigenvalue weighted by Crippen LogP contribution is -2.43. The number of nitrogens with zero attached hydrogens (tertiary/aromatic N) is 7. The normalized spacial score (nSPS) is 14.5. The molecule has 0 radical (unpaired) electrons. The third-order valence-electron chi connectivity index (χ3n) is 6.84. The van der Waals surface area contributed by atoms with Crippen LogP contribution in [0.1, 0.15) is 37.9 Å². The van der Waals surface area contributed by atoms with Gasteiger partial charge in [-0.05, 0) is 56.4 Å². The molecule has 3 aromatic heterocycles. The van der Waals surface area contributed by atoms with Gasteiger partial charge in [0, 0.05) is 49.4 Å². The molecule has 4 aromatic rings. The molecule has 0 atom stereocenters. The lowest BCUT2D eigenvalue weighted by atomic mass is 9.80. The average Bonchev–Trinajstić information content (AvgIpc) is 3.36. The van der Waals surface area contributed by atoms with Crippen LogP contribution in [0.2, 0.25) is 0 Å². The number of nitrogens with two attached hydrogens (primary N) is 1. The van der Waals surface area contributed by atoms with Gasteiger partial charge in [0.1, 0.15) is 12.0 Å². The summed E-state index contributed by atoms with van der Waals surface area (Å²) < 4.78 is 0.822. The molecule has 198 valence electrons. The van der Waals surface area contributed by atoms with Crippen LogP contribution < -0.4 is 15.5 Å². The Morgan fingerprint density at radius 3 is 2.51 bits per heavy atom. The first-order chi connectivity index (χ1) is 18.8. The molecule has 1 aliphatic heterocycles. The summed E-state index contributed by atoms with van der Waals surface area (Å²) in [5.74, 6) is 6.05. The fraction of sp³-hybridized carbons (Fsp3) is 0.296. The summed E-state index contributed by atoms with van der Waals surface area (Å²) in [7, 11) is 0. The smallest absolute Gasteiger partial charge is 0.321 e. The van der Waals surface area contributed by atoms with Crippen LogP contribution in [0, 0.1) is 17.3 Å². The van der Waals surface area contributed by atoms with Gasteiger partial charge in [0.15, 0.2) is 5.13 Å². The van der Waals surface area contributed by atoms with E-state index in [4.69, 9.17) is 5.73 Å². The number of hydrogen-bond acceptors (Lipinski definition) is 9. The van der Waals surface area contributed by atoms with Gasteiger partial charge in [-0.3, -0.25) is 9.69 Å². The second-order valence-electron chi connectivity index (χ2n) is 9.42. The standard InChI is InChI=1S/C27H26N8O3S/c1-3-35(24(28)38)26-33-21-13-18(12-17(22(21)39-26)4-5-20-6-9-29-16-32-20)19-14-30-25(31-15-19)34-10-7-27(2,8-11-34)23(36)37/h6,9,12-16H,3,7-8,10-11H2,1-2H3,(H2,28,38)(H,36,37). The molecule has 0 bridgehead atoms. The number of aromatic nitrogens is 5. The molecule has 11 nitrogen and oxygen atoms in total. The fourth-order valence-corrected chi connectivity index (χ4v) is 5.41. The van der Waals surface area contributed by atoms with Crippen molar-refractivity contribution in [2.75, 3.05) is 29.4 Å². The summed E-state index contributed by atoms with van der Waals surface area (Å²) in [6.07, 6.45) is 7.62. The number of aliphatic carboxylic acids is 1. The number of carbonyl (C=O) groups is 2. The van der Waals surface area contributed by atoms with E-state index in [1.54, 1.807) is 31.6 Å². The lowest BCUT2D eigenvalue weighted by Gasteiger charge is -2.36. The van der Waals surface area contributed by atoms with Gasteiger partial charge >= 0.3 is 12.0 Å². The lowest BCUT2D eigenvalue weighted by molar-refractivity contribution is -0.149. The van der Waals surface area contributed by atoms with Crippen LogP contribution in [-0.4, -0.2) is 61.7 Å². The Kier molecular flexibility index (Phi) is 7.08. The Morgan fingerprint density at radius 1 is 1.15 bits per heavy atom. The molecule has 0 aliphatic carbocycles. The number of carboxylic acids is 1. The highest BCUT2D eigenvalue weighted by molar-refractivity contribution is 7.22. The SMILES string of the molecule is CCN(C(N)=O)c1nc2cc(-c3cnc(N4CCC(C)(C(=O)O)CC4)nc3)cc(C#Cc3ccncn3)c2s1. The average molecular weight is 543 g/mol. The first-order valence-corrected chi connectivity index (χ1v) is 13.2. The minimum atomic E-state index is -0.768. The number of piperidine rings is 1. The molecule has 1 fully saturated rings. The third kappa shape index (κ3) is 5.35. The van der Waals surface area contributed by atoms with Crippen LogP contribution in [0.15, 0.2) is 43.1 Å². The fourth-order valence-electron chi connectivity index (χ4n) is 4.33. The van der Waals surface area contributed by atoms with E-state index in [2.05, 4.69) is 36.8 Å². The molecule has 0 unspecified atom stereocenters. The van der Waals surface area contributed by atoms with E-state index in [9.17, 15) is 14.7 Å².